The summed E-state index contributed by atoms with van der Waals surface area (Å²) in [6, 6.07) is 27.5. The Morgan fingerprint density at radius 1 is 0.857 bits per heavy atom. The Morgan fingerprint density at radius 3 is 1.89 bits per heavy atom. The number of ether oxygens (including phenoxy) is 1. The van der Waals surface area contributed by atoms with Gasteiger partial charge in [-0.2, -0.15) is 0 Å². The van der Waals surface area contributed by atoms with Crippen LogP contribution < -0.4 is 0 Å². The summed E-state index contributed by atoms with van der Waals surface area (Å²) in [6.07, 6.45) is 0.502. The number of hydrogen-bond acceptors (Lipinski definition) is 3. The quantitative estimate of drug-likeness (QED) is 0.433. The highest BCUT2D eigenvalue weighted by atomic mass is 16.5. The maximum Gasteiger partial charge on any atom is 0.331 e. The average Bonchev–Trinajstić information content (AvgIpc) is 2.74. The van der Waals surface area contributed by atoms with Gasteiger partial charge in [0, 0.05) is 17.5 Å². The molecule has 1 unspecified atom stereocenters. The lowest BCUT2D eigenvalue weighted by molar-refractivity contribution is -0.144. The van der Waals surface area contributed by atoms with E-state index < -0.39 is 6.04 Å². The van der Waals surface area contributed by atoms with E-state index in [0.717, 1.165) is 22.4 Å². The van der Waals surface area contributed by atoms with Crippen molar-refractivity contribution in [1.82, 2.24) is 0 Å². The van der Waals surface area contributed by atoms with E-state index in [1.54, 1.807) is 0 Å². The average molecular weight is 371 g/mol. The lowest BCUT2D eigenvalue weighted by Crippen LogP contribution is -2.26. The highest BCUT2D eigenvalue weighted by Crippen LogP contribution is 2.16. The Hall–Kier alpha value is -3.20. The molecule has 3 aromatic carbocycles. The van der Waals surface area contributed by atoms with Gasteiger partial charge in [-0.1, -0.05) is 90.5 Å². The molecule has 3 aromatic rings. The highest BCUT2D eigenvalue weighted by molar-refractivity contribution is 6.13. The van der Waals surface area contributed by atoms with Crippen LogP contribution in [0.25, 0.3) is 0 Å². The van der Waals surface area contributed by atoms with Crippen LogP contribution in [0, 0.1) is 6.92 Å². The summed E-state index contributed by atoms with van der Waals surface area (Å²) in [5, 5.41) is 0. The Bertz CT molecular complexity index is 874. The molecule has 0 radical (unpaired) electrons. The molecular formula is C25H25NO2. The van der Waals surface area contributed by atoms with E-state index in [9.17, 15) is 4.79 Å². The molecule has 0 fully saturated rings. The van der Waals surface area contributed by atoms with Crippen LogP contribution >= 0.6 is 0 Å². The van der Waals surface area contributed by atoms with Crippen molar-refractivity contribution in [2.75, 3.05) is 6.61 Å². The minimum atomic E-state index is -0.599. The number of rotatable bonds is 7. The normalized spacial score (nSPS) is 11.5. The van der Waals surface area contributed by atoms with Crippen LogP contribution in [-0.4, -0.2) is 24.3 Å². The fourth-order valence-electron chi connectivity index (χ4n) is 3.03. The molecule has 3 heteroatoms. The second-order valence-electron chi connectivity index (χ2n) is 6.67. The highest BCUT2D eigenvalue weighted by Gasteiger charge is 2.21. The number of benzene rings is 3. The molecule has 0 heterocycles. The maximum absolute atomic E-state index is 12.7. The zero-order chi connectivity index (χ0) is 19.8. The third-order valence-electron chi connectivity index (χ3n) is 4.49. The van der Waals surface area contributed by atoms with Crippen molar-refractivity contribution in [3.63, 3.8) is 0 Å². The van der Waals surface area contributed by atoms with Gasteiger partial charge in [-0.25, -0.2) is 4.79 Å². The zero-order valence-electron chi connectivity index (χ0n) is 16.3. The molecule has 0 aliphatic heterocycles. The fourth-order valence-corrected chi connectivity index (χ4v) is 3.03. The number of aryl methyl sites for hydroxylation is 1. The van der Waals surface area contributed by atoms with Gasteiger partial charge in [0.05, 0.1) is 12.3 Å². The lowest BCUT2D eigenvalue weighted by atomic mass is 10.0. The second-order valence-corrected chi connectivity index (χ2v) is 6.67. The predicted molar refractivity (Wildman–Crippen MR) is 114 cm³/mol. The van der Waals surface area contributed by atoms with Gasteiger partial charge >= 0.3 is 5.97 Å². The van der Waals surface area contributed by atoms with Gasteiger partial charge in [0.1, 0.15) is 0 Å². The zero-order valence-corrected chi connectivity index (χ0v) is 16.3. The molecule has 0 amide bonds. The topological polar surface area (TPSA) is 38.7 Å². The standard InChI is InChI=1S/C25H25NO2/c1-3-28-25(27)23(18-20-16-14-19(2)15-17-20)26-24(21-10-6-4-7-11-21)22-12-8-5-9-13-22/h4-17,23H,3,18H2,1-2H3. The van der Waals surface area contributed by atoms with Crippen molar-refractivity contribution < 1.29 is 9.53 Å². The summed E-state index contributed by atoms with van der Waals surface area (Å²) >= 11 is 0. The summed E-state index contributed by atoms with van der Waals surface area (Å²) in [7, 11) is 0. The molecule has 1 atom stereocenters. The molecule has 0 aliphatic carbocycles. The Balaban J connectivity index is 2.02. The fraction of sp³-hybridized carbons (Fsp3) is 0.200. The summed E-state index contributed by atoms with van der Waals surface area (Å²) in [4.78, 5) is 17.6. The third-order valence-corrected chi connectivity index (χ3v) is 4.49. The van der Waals surface area contributed by atoms with Gasteiger partial charge in [-0.05, 0) is 19.4 Å². The first kappa shape index (κ1) is 19.6. The van der Waals surface area contributed by atoms with Gasteiger partial charge in [0.2, 0.25) is 0 Å². The van der Waals surface area contributed by atoms with Crippen molar-refractivity contribution in [1.29, 1.82) is 0 Å². The molecule has 3 rings (SSSR count). The third kappa shape index (κ3) is 5.17. The summed E-state index contributed by atoms with van der Waals surface area (Å²) in [5.41, 5.74) is 5.01. The first-order chi connectivity index (χ1) is 13.7. The van der Waals surface area contributed by atoms with Gasteiger partial charge in [0.25, 0.3) is 0 Å². The summed E-state index contributed by atoms with van der Waals surface area (Å²) in [5.74, 6) is -0.299. The van der Waals surface area contributed by atoms with Gasteiger partial charge in [0.15, 0.2) is 6.04 Å². The van der Waals surface area contributed by atoms with Gasteiger partial charge < -0.3 is 4.74 Å². The van der Waals surface area contributed by atoms with E-state index in [0.29, 0.717) is 13.0 Å². The first-order valence-corrected chi connectivity index (χ1v) is 9.58. The van der Waals surface area contributed by atoms with E-state index in [4.69, 9.17) is 9.73 Å². The van der Waals surface area contributed by atoms with Crippen LogP contribution in [0.3, 0.4) is 0 Å². The van der Waals surface area contributed by atoms with E-state index >= 15 is 0 Å². The Labute approximate surface area is 166 Å². The number of esters is 1. The molecule has 3 nitrogen and oxygen atoms in total. The van der Waals surface area contributed by atoms with Crippen LogP contribution in [0.5, 0.6) is 0 Å². The van der Waals surface area contributed by atoms with Crippen LogP contribution in [0.15, 0.2) is 89.9 Å². The molecule has 28 heavy (non-hydrogen) atoms. The van der Waals surface area contributed by atoms with Gasteiger partial charge in [-0.15, -0.1) is 0 Å². The van der Waals surface area contributed by atoms with Crippen molar-refractivity contribution in [2.45, 2.75) is 26.3 Å². The molecule has 0 aromatic heterocycles. The van der Waals surface area contributed by atoms with E-state index in [-0.39, 0.29) is 5.97 Å². The molecule has 0 N–H and O–H groups in total. The van der Waals surface area contributed by atoms with E-state index in [2.05, 4.69) is 12.1 Å². The molecule has 0 aliphatic rings. The number of carbonyl (C=O) groups is 1. The molecular weight excluding hydrogens is 346 g/mol. The Kier molecular flexibility index (Phi) is 6.74. The van der Waals surface area contributed by atoms with Crippen molar-refractivity contribution in [2.24, 2.45) is 4.99 Å². The number of carbonyl (C=O) groups excluding carboxylic acids is 1. The monoisotopic (exact) mass is 371 g/mol. The van der Waals surface area contributed by atoms with E-state index in [1.165, 1.54) is 5.56 Å². The second kappa shape index (κ2) is 9.65. The van der Waals surface area contributed by atoms with Gasteiger partial charge in [-0.3, -0.25) is 4.99 Å². The molecule has 0 bridgehead atoms. The first-order valence-electron chi connectivity index (χ1n) is 9.58. The van der Waals surface area contributed by atoms with Crippen LogP contribution in [-0.2, 0) is 16.0 Å². The smallest absolute Gasteiger partial charge is 0.331 e. The van der Waals surface area contributed by atoms with E-state index in [1.807, 2.05) is 86.6 Å². The molecule has 142 valence electrons. The van der Waals surface area contributed by atoms with Crippen LogP contribution in [0.1, 0.15) is 29.2 Å². The summed E-state index contributed by atoms with van der Waals surface area (Å²) in [6.45, 7) is 4.21. The van der Waals surface area contributed by atoms with Crippen molar-refractivity contribution in [3.8, 4) is 0 Å². The van der Waals surface area contributed by atoms with Crippen molar-refractivity contribution in [3.05, 3.63) is 107 Å². The largest absolute Gasteiger partial charge is 0.464 e. The molecule has 0 spiro atoms. The SMILES string of the molecule is CCOC(=O)C(Cc1ccc(C)cc1)N=C(c1ccccc1)c1ccccc1. The minimum Gasteiger partial charge on any atom is -0.464 e. The Morgan fingerprint density at radius 2 is 1.39 bits per heavy atom. The van der Waals surface area contributed by atoms with Crippen LogP contribution in [0.4, 0.5) is 0 Å². The minimum absolute atomic E-state index is 0.299. The predicted octanol–water partition coefficient (Wildman–Crippen LogP) is 5.01. The van der Waals surface area contributed by atoms with Crippen molar-refractivity contribution >= 4 is 11.7 Å². The maximum atomic E-state index is 12.7. The number of nitrogens with zero attached hydrogens (tertiary/aromatic N) is 1. The molecule has 0 saturated carbocycles. The summed E-state index contributed by atoms with van der Waals surface area (Å²) < 4.78 is 5.33. The van der Waals surface area contributed by atoms with Crippen LogP contribution in [0.2, 0.25) is 0 Å². The number of hydrogen-bond donors (Lipinski definition) is 0. The lowest BCUT2D eigenvalue weighted by Gasteiger charge is -2.15. The molecule has 0 saturated heterocycles. The number of aliphatic imine (C=N–C) groups is 1.